The maximum absolute atomic E-state index is 11.6. The Balaban J connectivity index is 2.72. The van der Waals surface area contributed by atoms with E-state index in [1.807, 2.05) is 0 Å². The van der Waals surface area contributed by atoms with E-state index >= 15 is 0 Å². The molecule has 0 unspecified atom stereocenters. The van der Waals surface area contributed by atoms with Crippen molar-refractivity contribution < 1.29 is 21.9 Å². The van der Waals surface area contributed by atoms with Crippen LogP contribution in [0, 0.1) is 5.92 Å². The van der Waals surface area contributed by atoms with Crippen LogP contribution in [0.15, 0.2) is 0 Å². The van der Waals surface area contributed by atoms with E-state index in [4.69, 9.17) is 0 Å². The first kappa shape index (κ1) is 13.9. The molecule has 0 aromatic heterocycles. The smallest absolute Gasteiger partial charge is 0.228 e. The van der Waals surface area contributed by atoms with Crippen molar-refractivity contribution in [1.29, 1.82) is 0 Å². The summed E-state index contributed by atoms with van der Waals surface area (Å²) in [7, 11) is -7.37. The fourth-order valence-corrected chi connectivity index (χ4v) is 5.07. The van der Waals surface area contributed by atoms with Crippen molar-refractivity contribution in [3.8, 4) is 0 Å². The number of sulfone groups is 1. The maximum atomic E-state index is 11.6. The number of sulfonamides is 1. The first-order chi connectivity index (χ1) is 6.96. The van der Waals surface area contributed by atoms with E-state index in [1.54, 1.807) is 13.8 Å². The summed E-state index contributed by atoms with van der Waals surface area (Å²) in [5.41, 5.74) is -1.02. The lowest BCUT2D eigenvalue weighted by molar-refractivity contribution is -0.0930. The fraction of sp³-hybridized carbons (Fsp3) is 1.00. The largest absolute Gasteiger partial charge is 0.387 e. The molecule has 0 aliphatic carbocycles. The molecule has 1 saturated heterocycles. The molecule has 96 valence electrons. The first-order valence-electron chi connectivity index (χ1n) is 4.84. The van der Waals surface area contributed by atoms with Gasteiger partial charge in [-0.15, -0.1) is 0 Å². The van der Waals surface area contributed by atoms with Crippen LogP contribution in [0.3, 0.4) is 0 Å². The molecule has 0 atom stereocenters. The third-order valence-electron chi connectivity index (χ3n) is 2.73. The van der Waals surface area contributed by atoms with Gasteiger partial charge in [-0.05, 0) is 5.92 Å². The van der Waals surface area contributed by atoms with Crippen LogP contribution in [0.5, 0.6) is 0 Å². The Hall–Kier alpha value is -0.180. The highest BCUT2D eigenvalue weighted by molar-refractivity contribution is 8.06. The van der Waals surface area contributed by atoms with Crippen LogP contribution in [0.2, 0.25) is 0 Å². The Labute approximate surface area is 96.2 Å². The number of β-amino-alcohol motifs (C(OH)–C–C–N with tert-alkyl or cyclic N) is 1. The van der Waals surface area contributed by atoms with Gasteiger partial charge >= 0.3 is 0 Å². The summed E-state index contributed by atoms with van der Waals surface area (Å²) < 4.78 is 46.0. The molecular formula is C8H17NO5S2. The van der Waals surface area contributed by atoms with Gasteiger partial charge in [0.05, 0.1) is 5.60 Å². The van der Waals surface area contributed by atoms with Gasteiger partial charge < -0.3 is 5.11 Å². The van der Waals surface area contributed by atoms with Crippen LogP contribution < -0.4 is 0 Å². The van der Waals surface area contributed by atoms with Crippen molar-refractivity contribution in [3.63, 3.8) is 0 Å². The van der Waals surface area contributed by atoms with Gasteiger partial charge in [-0.3, -0.25) is 0 Å². The summed E-state index contributed by atoms with van der Waals surface area (Å²) in [6.45, 7) is 3.53. The number of hydrogen-bond donors (Lipinski definition) is 1. The Morgan fingerprint density at radius 1 is 1.25 bits per heavy atom. The molecular weight excluding hydrogens is 254 g/mol. The number of rotatable bonds is 4. The summed E-state index contributed by atoms with van der Waals surface area (Å²) in [4.78, 5) is 0. The van der Waals surface area contributed by atoms with Gasteiger partial charge in [0.1, 0.15) is 0 Å². The minimum absolute atomic E-state index is 0.0253. The van der Waals surface area contributed by atoms with Gasteiger partial charge in [-0.25, -0.2) is 16.8 Å². The molecule has 1 fully saturated rings. The average molecular weight is 271 g/mol. The highest BCUT2D eigenvalue weighted by Gasteiger charge is 2.49. The second-order valence-electron chi connectivity index (χ2n) is 4.68. The zero-order chi connectivity index (χ0) is 12.8. The standard InChI is InChI=1S/C8H17NO5S2/c1-7(2)8(10)4-9(5-8)16(13,14)6-15(3,11)12/h7,10H,4-6H2,1-3H3. The Kier molecular flexibility index (Phi) is 3.41. The van der Waals surface area contributed by atoms with Crippen LogP contribution in [0.4, 0.5) is 0 Å². The summed E-state index contributed by atoms with van der Waals surface area (Å²) in [6.07, 6.45) is 0.874. The normalized spacial score (nSPS) is 22.1. The molecule has 0 saturated carbocycles. The van der Waals surface area contributed by atoms with Crippen molar-refractivity contribution >= 4 is 19.9 Å². The van der Waals surface area contributed by atoms with Gasteiger partial charge in [0.2, 0.25) is 10.0 Å². The van der Waals surface area contributed by atoms with Gasteiger partial charge in [0.15, 0.2) is 14.9 Å². The molecule has 1 aliphatic rings. The van der Waals surface area contributed by atoms with Crippen molar-refractivity contribution in [2.75, 3.05) is 24.4 Å². The minimum atomic E-state index is -3.80. The lowest BCUT2D eigenvalue weighted by atomic mass is 9.85. The van der Waals surface area contributed by atoms with E-state index < -0.39 is 30.5 Å². The summed E-state index contributed by atoms with van der Waals surface area (Å²) in [5.74, 6) is -0.0582. The molecule has 0 spiro atoms. The number of aliphatic hydroxyl groups is 1. The average Bonchev–Trinajstić information content (AvgIpc) is 1.92. The first-order valence-corrected chi connectivity index (χ1v) is 8.51. The maximum Gasteiger partial charge on any atom is 0.228 e. The quantitative estimate of drug-likeness (QED) is 0.709. The SMILES string of the molecule is CC(C)C1(O)CN(S(=O)(=O)CS(C)(=O)=O)C1. The molecule has 1 heterocycles. The Morgan fingerprint density at radius 3 is 2.00 bits per heavy atom. The number of nitrogens with zero attached hydrogens (tertiary/aromatic N) is 1. The third kappa shape index (κ3) is 2.93. The second-order valence-corrected chi connectivity index (χ2v) is 9.16. The van der Waals surface area contributed by atoms with Crippen molar-refractivity contribution in [2.45, 2.75) is 19.4 Å². The molecule has 0 aromatic rings. The third-order valence-corrected chi connectivity index (χ3v) is 6.68. The predicted molar refractivity (Wildman–Crippen MR) is 60.0 cm³/mol. The molecule has 0 bridgehead atoms. The molecule has 8 heteroatoms. The Morgan fingerprint density at radius 2 is 1.69 bits per heavy atom. The highest BCUT2D eigenvalue weighted by Crippen LogP contribution is 2.30. The van der Waals surface area contributed by atoms with E-state index in [0.29, 0.717) is 0 Å². The molecule has 1 rings (SSSR count). The second kappa shape index (κ2) is 3.94. The lowest BCUT2D eigenvalue weighted by Crippen LogP contribution is -2.66. The zero-order valence-corrected chi connectivity index (χ0v) is 11.2. The highest BCUT2D eigenvalue weighted by atomic mass is 32.3. The van der Waals surface area contributed by atoms with E-state index in [-0.39, 0.29) is 19.0 Å². The minimum Gasteiger partial charge on any atom is -0.387 e. The molecule has 6 nitrogen and oxygen atoms in total. The van der Waals surface area contributed by atoms with Crippen molar-refractivity contribution in [3.05, 3.63) is 0 Å². The number of hydrogen-bond acceptors (Lipinski definition) is 5. The topological polar surface area (TPSA) is 91.8 Å². The van der Waals surface area contributed by atoms with Gasteiger partial charge in [0, 0.05) is 19.3 Å². The molecule has 0 amide bonds. The van der Waals surface area contributed by atoms with Gasteiger partial charge in [-0.2, -0.15) is 4.31 Å². The Bertz CT molecular complexity index is 459. The molecule has 1 N–H and O–H groups in total. The molecule has 0 radical (unpaired) electrons. The molecule has 0 aromatic carbocycles. The fourth-order valence-electron chi connectivity index (χ4n) is 1.47. The van der Waals surface area contributed by atoms with Crippen LogP contribution in [0.25, 0.3) is 0 Å². The van der Waals surface area contributed by atoms with Crippen LogP contribution in [0.1, 0.15) is 13.8 Å². The van der Waals surface area contributed by atoms with Crippen molar-refractivity contribution in [1.82, 2.24) is 4.31 Å². The lowest BCUT2D eigenvalue weighted by Gasteiger charge is -2.47. The van der Waals surface area contributed by atoms with Crippen LogP contribution >= 0.6 is 0 Å². The van der Waals surface area contributed by atoms with Crippen LogP contribution in [-0.2, 0) is 19.9 Å². The monoisotopic (exact) mass is 271 g/mol. The molecule has 1 aliphatic heterocycles. The zero-order valence-electron chi connectivity index (χ0n) is 9.54. The molecule has 16 heavy (non-hydrogen) atoms. The van der Waals surface area contributed by atoms with Crippen LogP contribution in [-0.4, -0.2) is 56.3 Å². The summed E-state index contributed by atoms with van der Waals surface area (Å²) >= 11 is 0. The summed E-state index contributed by atoms with van der Waals surface area (Å²) in [5, 5.41) is 8.97. The van der Waals surface area contributed by atoms with E-state index in [0.717, 1.165) is 10.6 Å². The van der Waals surface area contributed by atoms with Crippen molar-refractivity contribution in [2.24, 2.45) is 5.92 Å². The predicted octanol–water partition coefficient (Wildman–Crippen LogP) is -0.979. The van der Waals surface area contributed by atoms with E-state index in [2.05, 4.69) is 0 Å². The van der Waals surface area contributed by atoms with Gasteiger partial charge in [-0.1, -0.05) is 13.8 Å². The van der Waals surface area contributed by atoms with E-state index in [1.165, 1.54) is 0 Å². The summed E-state index contributed by atoms with van der Waals surface area (Å²) in [6, 6.07) is 0. The van der Waals surface area contributed by atoms with E-state index in [9.17, 15) is 21.9 Å². The van der Waals surface area contributed by atoms with Gasteiger partial charge in [0.25, 0.3) is 0 Å².